The van der Waals surface area contributed by atoms with Crippen LogP contribution in [0.15, 0.2) is 29.2 Å². The summed E-state index contributed by atoms with van der Waals surface area (Å²) < 4.78 is 4.68. The highest BCUT2D eigenvalue weighted by atomic mass is 16.6. The molecule has 1 aromatic rings. The lowest BCUT2D eigenvalue weighted by molar-refractivity contribution is -0.402. The van der Waals surface area contributed by atoms with E-state index in [-0.39, 0.29) is 11.6 Å². The Labute approximate surface area is 68.1 Å². The third-order valence-electron chi connectivity index (χ3n) is 1.31. The van der Waals surface area contributed by atoms with Gasteiger partial charge in [-0.2, -0.15) is 0 Å². The molecule has 1 N–H and O–H groups in total. The van der Waals surface area contributed by atoms with Gasteiger partial charge in [0, 0.05) is 0 Å². The molecule has 0 aliphatic rings. The highest BCUT2D eigenvalue weighted by molar-refractivity contribution is 5.20. The fourth-order valence-corrected chi connectivity index (χ4v) is 0.715. The van der Waals surface area contributed by atoms with Crippen LogP contribution in [0.3, 0.4) is 0 Å². The molecule has 0 aliphatic carbocycles. The third kappa shape index (κ3) is 1.51. The Morgan fingerprint density at radius 1 is 1.75 bits per heavy atom. The van der Waals surface area contributed by atoms with Gasteiger partial charge in [0.1, 0.15) is 16.8 Å². The van der Waals surface area contributed by atoms with Crippen LogP contribution in [-0.2, 0) is 0 Å². The van der Waals surface area contributed by atoms with Gasteiger partial charge < -0.3 is 9.52 Å². The molecule has 0 radical (unpaired) electrons. The lowest BCUT2D eigenvalue weighted by Gasteiger charge is -1.96. The van der Waals surface area contributed by atoms with E-state index in [1.807, 2.05) is 0 Å². The molecule has 1 unspecified atom stereocenters. The monoisotopic (exact) mass is 169 g/mol. The zero-order valence-corrected chi connectivity index (χ0v) is 6.14. The predicted molar refractivity (Wildman–Crippen MR) is 40.5 cm³/mol. The van der Waals surface area contributed by atoms with Crippen molar-refractivity contribution in [3.8, 4) is 0 Å². The first-order valence-corrected chi connectivity index (χ1v) is 3.20. The van der Waals surface area contributed by atoms with Gasteiger partial charge in [-0.3, -0.25) is 10.1 Å². The first-order chi connectivity index (χ1) is 5.65. The van der Waals surface area contributed by atoms with Crippen molar-refractivity contribution in [2.45, 2.75) is 6.10 Å². The predicted octanol–water partition coefficient (Wildman–Crippen LogP) is 1.41. The molecule has 12 heavy (non-hydrogen) atoms. The van der Waals surface area contributed by atoms with Crippen molar-refractivity contribution in [2.75, 3.05) is 0 Å². The zero-order chi connectivity index (χ0) is 9.14. The molecule has 0 saturated carbocycles. The maximum absolute atomic E-state index is 10.1. The SMILES string of the molecule is C=CC(O)c1ccc([N+](=O)[O-])o1. The van der Waals surface area contributed by atoms with E-state index in [0.717, 1.165) is 0 Å². The van der Waals surface area contributed by atoms with Gasteiger partial charge in [-0.1, -0.05) is 6.08 Å². The minimum Gasteiger partial charge on any atom is -0.403 e. The molecule has 64 valence electrons. The molecule has 0 aliphatic heterocycles. The van der Waals surface area contributed by atoms with E-state index in [9.17, 15) is 10.1 Å². The molecule has 1 aromatic heterocycles. The highest BCUT2D eigenvalue weighted by Crippen LogP contribution is 2.21. The lowest BCUT2D eigenvalue weighted by Crippen LogP contribution is -1.88. The summed E-state index contributed by atoms with van der Waals surface area (Å²) in [5.41, 5.74) is 0. The third-order valence-corrected chi connectivity index (χ3v) is 1.31. The maximum Gasteiger partial charge on any atom is 0.433 e. The van der Waals surface area contributed by atoms with Crippen molar-refractivity contribution in [3.05, 3.63) is 40.7 Å². The van der Waals surface area contributed by atoms with E-state index in [2.05, 4.69) is 11.0 Å². The quantitative estimate of drug-likeness (QED) is 0.421. The summed E-state index contributed by atoms with van der Waals surface area (Å²) >= 11 is 0. The number of aliphatic hydroxyl groups is 1. The summed E-state index contributed by atoms with van der Waals surface area (Å²) in [6.07, 6.45) is 0.237. The Morgan fingerprint density at radius 2 is 2.42 bits per heavy atom. The first-order valence-electron chi connectivity index (χ1n) is 3.20. The van der Waals surface area contributed by atoms with Crippen molar-refractivity contribution in [1.29, 1.82) is 0 Å². The molecule has 0 spiro atoms. The second kappa shape index (κ2) is 3.19. The van der Waals surface area contributed by atoms with Gasteiger partial charge in [-0.05, 0) is 6.07 Å². The van der Waals surface area contributed by atoms with Crippen LogP contribution in [0.25, 0.3) is 0 Å². The minimum atomic E-state index is -0.987. The fourth-order valence-electron chi connectivity index (χ4n) is 0.715. The zero-order valence-electron chi connectivity index (χ0n) is 6.14. The molecule has 1 atom stereocenters. The number of hydrogen-bond acceptors (Lipinski definition) is 4. The number of aliphatic hydroxyl groups excluding tert-OH is 1. The Hall–Kier alpha value is -1.62. The molecular weight excluding hydrogens is 162 g/mol. The van der Waals surface area contributed by atoms with Crippen LogP contribution >= 0.6 is 0 Å². The largest absolute Gasteiger partial charge is 0.433 e. The van der Waals surface area contributed by atoms with Crippen LogP contribution in [0.2, 0.25) is 0 Å². The minimum absolute atomic E-state index is 0.122. The summed E-state index contributed by atoms with van der Waals surface area (Å²) in [5, 5.41) is 19.2. The second-order valence-electron chi connectivity index (χ2n) is 2.11. The van der Waals surface area contributed by atoms with Crippen molar-refractivity contribution >= 4 is 5.88 Å². The lowest BCUT2D eigenvalue weighted by atomic mass is 10.3. The molecule has 5 nitrogen and oxygen atoms in total. The van der Waals surface area contributed by atoms with Crippen molar-refractivity contribution in [3.63, 3.8) is 0 Å². The van der Waals surface area contributed by atoms with Gasteiger partial charge in [0.15, 0.2) is 0 Å². The van der Waals surface area contributed by atoms with E-state index in [0.29, 0.717) is 0 Å². The summed E-state index contributed by atoms with van der Waals surface area (Å²) in [6, 6.07) is 2.52. The number of furan rings is 1. The number of hydrogen-bond donors (Lipinski definition) is 1. The van der Waals surface area contributed by atoms with Crippen LogP contribution < -0.4 is 0 Å². The van der Waals surface area contributed by atoms with Crippen molar-refractivity contribution in [1.82, 2.24) is 0 Å². The second-order valence-corrected chi connectivity index (χ2v) is 2.11. The van der Waals surface area contributed by atoms with Gasteiger partial charge in [-0.15, -0.1) is 6.58 Å². The Bertz CT molecular complexity index is 304. The van der Waals surface area contributed by atoms with Gasteiger partial charge >= 0.3 is 5.88 Å². The summed E-state index contributed by atoms with van der Waals surface area (Å²) in [6.45, 7) is 3.31. The van der Waals surface area contributed by atoms with Crippen LogP contribution in [-0.4, -0.2) is 10.0 Å². The van der Waals surface area contributed by atoms with E-state index in [1.54, 1.807) is 0 Å². The highest BCUT2D eigenvalue weighted by Gasteiger charge is 2.14. The van der Waals surface area contributed by atoms with Crippen molar-refractivity contribution < 1.29 is 14.4 Å². The van der Waals surface area contributed by atoms with Gasteiger partial charge in [-0.25, -0.2) is 0 Å². The molecule has 1 heterocycles. The molecule has 5 heteroatoms. The van der Waals surface area contributed by atoms with Crippen molar-refractivity contribution in [2.24, 2.45) is 0 Å². The number of nitro groups is 1. The molecule has 0 amide bonds. The Morgan fingerprint density at radius 3 is 2.83 bits per heavy atom. The Balaban J connectivity index is 2.91. The van der Waals surface area contributed by atoms with Gasteiger partial charge in [0.05, 0.1) is 6.07 Å². The maximum atomic E-state index is 10.1. The average molecular weight is 169 g/mol. The van der Waals surface area contributed by atoms with Crippen LogP contribution in [0.1, 0.15) is 11.9 Å². The summed E-state index contributed by atoms with van der Waals surface area (Å²) in [5.74, 6) is -0.261. The molecule has 1 rings (SSSR count). The first kappa shape index (κ1) is 8.48. The topological polar surface area (TPSA) is 76.5 Å². The average Bonchev–Trinajstić information content (AvgIpc) is 2.51. The Kier molecular flexibility index (Phi) is 2.25. The molecule has 0 saturated heterocycles. The van der Waals surface area contributed by atoms with Gasteiger partial charge in [0.25, 0.3) is 0 Å². The standard InChI is InChI=1S/C7H7NO4/c1-2-5(9)6-3-4-7(12-6)8(10)11/h2-5,9H,1H2. The smallest absolute Gasteiger partial charge is 0.403 e. The van der Waals surface area contributed by atoms with Crippen LogP contribution in [0.5, 0.6) is 0 Å². The molecular formula is C7H7NO4. The summed E-state index contributed by atoms with van der Waals surface area (Å²) in [4.78, 5) is 9.46. The molecule has 0 fully saturated rings. The van der Waals surface area contributed by atoms with Crippen LogP contribution in [0.4, 0.5) is 5.88 Å². The normalized spacial score (nSPS) is 12.4. The fraction of sp³-hybridized carbons (Fsp3) is 0.143. The summed E-state index contributed by atoms with van der Waals surface area (Å²) in [7, 11) is 0. The van der Waals surface area contributed by atoms with E-state index >= 15 is 0 Å². The van der Waals surface area contributed by atoms with E-state index in [4.69, 9.17) is 5.11 Å². The van der Waals surface area contributed by atoms with Crippen LogP contribution in [0, 0.1) is 10.1 Å². The molecule has 0 bridgehead atoms. The van der Waals surface area contributed by atoms with E-state index in [1.165, 1.54) is 18.2 Å². The number of nitrogens with zero attached hydrogens (tertiary/aromatic N) is 1. The van der Waals surface area contributed by atoms with Gasteiger partial charge in [0.2, 0.25) is 0 Å². The number of rotatable bonds is 3. The van der Waals surface area contributed by atoms with E-state index < -0.39 is 11.0 Å². The molecule has 0 aromatic carbocycles.